The van der Waals surface area contributed by atoms with E-state index in [0.717, 1.165) is 15.7 Å². The maximum atomic E-state index is 12.3. The third-order valence-corrected chi connectivity index (χ3v) is 2.54. The standard InChI is InChI=1S/C11H6F3IN2O/c12-11(13,14)7-1-3-9(4-2-7)18-10-16-5-8(15)6-17-10/h1-6H. The Morgan fingerprint density at radius 2 is 1.56 bits per heavy atom. The molecule has 0 aliphatic rings. The van der Waals surface area contributed by atoms with Crippen molar-refractivity contribution in [1.29, 1.82) is 0 Å². The summed E-state index contributed by atoms with van der Waals surface area (Å²) in [4.78, 5) is 7.76. The van der Waals surface area contributed by atoms with Crippen molar-refractivity contribution in [3.63, 3.8) is 0 Å². The Balaban J connectivity index is 2.13. The lowest BCUT2D eigenvalue weighted by Crippen LogP contribution is -2.04. The first-order chi connectivity index (χ1) is 8.45. The van der Waals surface area contributed by atoms with Crippen molar-refractivity contribution >= 4 is 22.6 Å². The molecule has 1 heterocycles. The van der Waals surface area contributed by atoms with Gasteiger partial charge < -0.3 is 4.74 Å². The van der Waals surface area contributed by atoms with Crippen LogP contribution in [0.3, 0.4) is 0 Å². The van der Waals surface area contributed by atoms with Crippen LogP contribution in [0.5, 0.6) is 11.8 Å². The maximum absolute atomic E-state index is 12.3. The Morgan fingerprint density at radius 1 is 1.00 bits per heavy atom. The first kappa shape index (κ1) is 13.1. The second-order valence-corrected chi connectivity index (χ2v) is 4.55. The highest BCUT2D eigenvalue weighted by atomic mass is 127. The van der Waals surface area contributed by atoms with Crippen LogP contribution in [0.25, 0.3) is 0 Å². The van der Waals surface area contributed by atoms with Crippen LogP contribution in [-0.4, -0.2) is 9.97 Å². The summed E-state index contributed by atoms with van der Waals surface area (Å²) < 4.78 is 43.0. The van der Waals surface area contributed by atoms with Gasteiger partial charge >= 0.3 is 12.2 Å². The molecule has 1 aromatic heterocycles. The molecule has 0 saturated heterocycles. The Bertz CT molecular complexity index is 525. The van der Waals surface area contributed by atoms with Gasteiger partial charge in [-0.1, -0.05) is 0 Å². The lowest BCUT2D eigenvalue weighted by molar-refractivity contribution is -0.137. The van der Waals surface area contributed by atoms with E-state index >= 15 is 0 Å². The molecule has 0 aliphatic carbocycles. The predicted molar refractivity (Wildman–Crippen MR) is 66.3 cm³/mol. The van der Waals surface area contributed by atoms with Crippen molar-refractivity contribution in [2.45, 2.75) is 6.18 Å². The number of ether oxygens (including phenoxy) is 1. The molecule has 0 saturated carbocycles. The average Bonchev–Trinajstić information content (AvgIpc) is 2.32. The number of hydrogen-bond donors (Lipinski definition) is 0. The number of alkyl halides is 3. The minimum absolute atomic E-state index is 0.0928. The molecule has 2 rings (SSSR count). The molecule has 0 atom stereocenters. The first-order valence-corrected chi connectivity index (χ1v) is 5.86. The van der Waals surface area contributed by atoms with Crippen LogP contribution in [0.15, 0.2) is 36.7 Å². The minimum Gasteiger partial charge on any atom is -0.424 e. The number of benzene rings is 1. The van der Waals surface area contributed by atoms with Gasteiger partial charge in [0, 0.05) is 16.0 Å². The van der Waals surface area contributed by atoms with E-state index in [4.69, 9.17) is 4.74 Å². The van der Waals surface area contributed by atoms with Crippen molar-refractivity contribution in [3.8, 4) is 11.8 Å². The zero-order valence-electron chi connectivity index (χ0n) is 8.78. The average molecular weight is 366 g/mol. The first-order valence-electron chi connectivity index (χ1n) is 4.78. The molecule has 1 aromatic carbocycles. The van der Waals surface area contributed by atoms with Crippen LogP contribution < -0.4 is 4.74 Å². The number of rotatable bonds is 2. The highest BCUT2D eigenvalue weighted by Crippen LogP contribution is 2.30. The quantitative estimate of drug-likeness (QED) is 0.757. The van der Waals surface area contributed by atoms with Gasteiger partial charge in [0.15, 0.2) is 0 Å². The molecule has 0 unspecified atom stereocenters. The van der Waals surface area contributed by atoms with Gasteiger partial charge in [0.25, 0.3) is 0 Å². The zero-order valence-corrected chi connectivity index (χ0v) is 10.9. The smallest absolute Gasteiger partial charge is 0.416 e. The van der Waals surface area contributed by atoms with Crippen molar-refractivity contribution in [1.82, 2.24) is 9.97 Å². The number of halogens is 4. The monoisotopic (exact) mass is 366 g/mol. The van der Waals surface area contributed by atoms with Crippen molar-refractivity contribution < 1.29 is 17.9 Å². The molecule has 2 aromatic rings. The second kappa shape index (κ2) is 5.09. The lowest BCUT2D eigenvalue weighted by atomic mass is 10.2. The summed E-state index contributed by atoms with van der Waals surface area (Å²) in [6, 6.07) is 4.44. The topological polar surface area (TPSA) is 35.0 Å². The van der Waals surface area contributed by atoms with Crippen molar-refractivity contribution in [2.24, 2.45) is 0 Å². The molecular weight excluding hydrogens is 360 g/mol. The molecule has 94 valence electrons. The molecule has 0 amide bonds. The molecule has 0 bridgehead atoms. The van der Waals surface area contributed by atoms with E-state index in [0.29, 0.717) is 0 Å². The van der Waals surface area contributed by atoms with E-state index in [1.165, 1.54) is 12.1 Å². The molecule has 3 nitrogen and oxygen atoms in total. The van der Waals surface area contributed by atoms with Crippen LogP contribution in [0, 0.1) is 3.57 Å². The molecule has 0 aliphatic heterocycles. The highest BCUT2D eigenvalue weighted by Gasteiger charge is 2.30. The van der Waals surface area contributed by atoms with Crippen LogP contribution in [-0.2, 0) is 6.18 Å². The summed E-state index contributed by atoms with van der Waals surface area (Å²) >= 11 is 2.03. The molecule has 0 N–H and O–H groups in total. The second-order valence-electron chi connectivity index (χ2n) is 3.31. The lowest BCUT2D eigenvalue weighted by Gasteiger charge is -2.07. The summed E-state index contributed by atoms with van der Waals surface area (Å²) in [7, 11) is 0. The normalized spacial score (nSPS) is 11.3. The highest BCUT2D eigenvalue weighted by molar-refractivity contribution is 14.1. The van der Waals surface area contributed by atoms with Crippen LogP contribution in [0.2, 0.25) is 0 Å². The van der Waals surface area contributed by atoms with E-state index in [1.807, 2.05) is 22.6 Å². The fourth-order valence-corrected chi connectivity index (χ4v) is 1.45. The van der Waals surface area contributed by atoms with Crippen LogP contribution in [0.4, 0.5) is 13.2 Å². The molecule has 7 heteroatoms. The summed E-state index contributed by atoms with van der Waals surface area (Å²) in [5.41, 5.74) is -0.724. The maximum Gasteiger partial charge on any atom is 0.416 e. The summed E-state index contributed by atoms with van der Waals surface area (Å²) in [6.07, 6.45) is -1.25. The van der Waals surface area contributed by atoms with Gasteiger partial charge in [-0.2, -0.15) is 13.2 Å². The Hall–Kier alpha value is -1.38. The van der Waals surface area contributed by atoms with Gasteiger partial charge in [-0.05, 0) is 46.9 Å². The summed E-state index contributed by atoms with van der Waals surface area (Å²) in [5.74, 6) is 0.254. The van der Waals surface area contributed by atoms with Gasteiger partial charge in [0.2, 0.25) is 0 Å². The largest absolute Gasteiger partial charge is 0.424 e. The van der Waals surface area contributed by atoms with Crippen molar-refractivity contribution in [2.75, 3.05) is 0 Å². The van der Waals surface area contributed by atoms with Crippen molar-refractivity contribution in [3.05, 3.63) is 45.8 Å². The molecule has 18 heavy (non-hydrogen) atoms. The Kier molecular flexibility index (Phi) is 3.69. The molecular formula is C11H6F3IN2O. The van der Waals surface area contributed by atoms with Gasteiger partial charge in [0.05, 0.1) is 5.56 Å². The minimum atomic E-state index is -4.35. The number of nitrogens with zero attached hydrogens (tertiary/aromatic N) is 2. The van der Waals surface area contributed by atoms with Gasteiger partial charge in [-0.25, -0.2) is 9.97 Å². The Morgan fingerprint density at radius 3 is 2.06 bits per heavy atom. The van der Waals surface area contributed by atoms with E-state index in [-0.39, 0.29) is 11.8 Å². The van der Waals surface area contributed by atoms with Gasteiger partial charge in [-0.15, -0.1) is 0 Å². The SMILES string of the molecule is FC(F)(F)c1ccc(Oc2ncc(I)cn2)cc1. The number of hydrogen-bond acceptors (Lipinski definition) is 3. The van der Waals surface area contributed by atoms with Gasteiger partial charge in [0.1, 0.15) is 5.75 Å². The third-order valence-electron chi connectivity index (χ3n) is 1.99. The summed E-state index contributed by atoms with van der Waals surface area (Å²) in [6.45, 7) is 0. The number of aromatic nitrogens is 2. The molecule has 0 radical (unpaired) electrons. The van der Waals surface area contributed by atoms with Crippen LogP contribution in [0.1, 0.15) is 5.56 Å². The van der Waals surface area contributed by atoms with Crippen LogP contribution >= 0.6 is 22.6 Å². The van der Waals surface area contributed by atoms with E-state index < -0.39 is 11.7 Å². The van der Waals surface area contributed by atoms with E-state index in [9.17, 15) is 13.2 Å². The predicted octanol–water partition coefficient (Wildman–Crippen LogP) is 3.89. The molecule has 0 fully saturated rings. The Labute approximate surface area is 114 Å². The zero-order chi connectivity index (χ0) is 13.2. The fourth-order valence-electron chi connectivity index (χ4n) is 1.17. The van der Waals surface area contributed by atoms with Gasteiger partial charge in [-0.3, -0.25) is 0 Å². The van der Waals surface area contributed by atoms with E-state index in [2.05, 4.69) is 9.97 Å². The fraction of sp³-hybridized carbons (Fsp3) is 0.0909. The van der Waals surface area contributed by atoms with E-state index in [1.54, 1.807) is 12.4 Å². The third kappa shape index (κ3) is 3.31. The molecule has 0 spiro atoms. The summed E-state index contributed by atoms with van der Waals surface area (Å²) in [5, 5.41) is 0.